The van der Waals surface area contributed by atoms with Crippen molar-refractivity contribution < 1.29 is 19.1 Å². The molecule has 2 heterocycles. The van der Waals surface area contributed by atoms with Crippen molar-refractivity contribution in [3.63, 3.8) is 0 Å². The smallest absolute Gasteiger partial charge is 0.253 e. The van der Waals surface area contributed by atoms with E-state index in [2.05, 4.69) is 0 Å². The summed E-state index contributed by atoms with van der Waals surface area (Å²) in [5.74, 6) is 1.43. The first-order chi connectivity index (χ1) is 13.1. The van der Waals surface area contributed by atoms with Gasteiger partial charge in [0, 0.05) is 30.1 Å². The summed E-state index contributed by atoms with van der Waals surface area (Å²) in [4.78, 5) is 27.4. The highest BCUT2D eigenvalue weighted by Crippen LogP contribution is 2.32. The second-order valence-corrected chi connectivity index (χ2v) is 7.16. The fourth-order valence-corrected chi connectivity index (χ4v) is 3.74. The Bertz CT molecular complexity index is 868. The van der Waals surface area contributed by atoms with Crippen LogP contribution in [0.3, 0.4) is 0 Å². The molecule has 0 radical (unpaired) electrons. The number of ether oxygens (including phenoxy) is 2. The Hall–Kier alpha value is -2.82. The van der Waals surface area contributed by atoms with E-state index in [1.807, 2.05) is 36.1 Å². The average Bonchev–Trinajstić information content (AvgIpc) is 2.72. The third kappa shape index (κ3) is 3.68. The van der Waals surface area contributed by atoms with Crippen LogP contribution in [-0.4, -0.2) is 42.9 Å². The van der Waals surface area contributed by atoms with Crippen LogP contribution in [0.4, 0.5) is 0 Å². The highest BCUT2D eigenvalue weighted by molar-refractivity contribution is 5.99. The van der Waals surface area contributed by atoms with Crippen molar-refractivity contribution in [2.45, 2.75) is 19.8 Å². The molecule has 0 bridgehead atoms. The van der Waals surface area contributed by atoms with Crippen molar-refractivity contribution >= 4 is 11.7 Å². The summed E-state index contributed by atoms with van der Waals surface area (Å²) < 4.78 is 11.1. The van der Waals surface area contributed by atoms with Gasteiger partial charge >= 0.3 is 0 Å². The predicted octanol–water partition coefficient (Wildman–Crippen LogP) is 3.50. The summed E-state index contributed by atoms with van der Waals surface area (Å²) >= 11 is 0. The van der Waals surface area contributed by atoms with Gasteiger partial charge in [-0.15, -0.1) is 0 Å². The SMILES string of the molecule is Cc1cccc(C(=O)N2CCC(C(=O)c3ccc4c(c3)OCCO4)CC2)c1. The summed E-state index contributed by atoms with van der Waals surface area (Å²) in [5, 5.41) is 0. The van der Waals surface area contributed by atoms with Gasteiger partial charge in [0.15, 0.2) is 17.3 Å². The molecule has 1 saturated heterocycles. The highest BCUT2D eigenvalue weighted by Gasteiger charge is 2.29. The Balaban J connectivity index is 1.40. The Morgan fingerprint density at radius 2 is 1.67 bits per heavy atom. The summed E-state index contributed by atoms with van der Waals surface area (Å²) in [6, 6.07) is 13.0. The van der Waals surface area contributed by atoms with Gasteiger partial charge in [-0.1, -0.05) is 17.7 Å². The van der Waals surface area contributed by atoms with Crippen LogP contribution >= 0.6 is 0 Å². The van der Waals surface area contributed by atoms with Crippen LogP contribution in [0.25, 0.3) is 0 Å². The van der Waals surface area contributed by atoms with Crippen molar-refractivity contribution in [1.29, 1.82) is 0 Å². The normalized spacial score (nSPS) is 16.9. The molecule has 27 heavy (non-hydrogen) atoms. The first-order valence-electron chi connectivity index (χ1n) is 9.41. The van der Waals surface area contributed by atoms with Crippen LogP contribution in [0.1, 0.15) is 39.1 Å². The van der Waals surface area contributed by atoms with Gasteiger partial charge in [-0.05, 0) is 50.1 Å². The minimum absolute atomic E-state index is 0.0453. The van der Waals surface area contributed by atoms with E-state index in [1.165, 1.54) is 0 Å². The van der Waals surface area contributed by atoms with Crippen molar-refractivity contribution in [2.24, 2.45) is 5.92 Å². The lowest BCUT2D eigenvalue weighted by Gasteiger charge is -2.31. The largest absolute Gasteiger partial charge is 0.486 e. The molecule has 0 N–H and O–H groups in total. The number of amides is 1. The number of carbonyl (C=O) groups excluding carboxylic acids is 2. The average molecular weight is 365 g/mol. The summed E-state index contributed by atoms with van der Waals surface area (Å²) in [5.41, 5.74) is 2.44. The van der Waals surface area contributed by atoms with Crippen LogP contribution < -0.4 is 9.47 Å². The van der Waals surface area contributed by atoms with Crippen LogP contribution in [0, 0.1) is 12.8 Å². The van der Waals surface area contributed by atoms with E-state index >= 15 is 0 Å². The number of nitrogens with zero attached hydrogens (tertiary/aromatic N) is 1. The van der Waals surface area contributed by atoms with Gasteiger partial charge < -0.3 is 14.4 Å². The van der Waals surface area contributed by atoms with Gasteiger partial charge in [0.1, 0.15) is 13.2 Å². The maximum absolute atomic E-state index is 12.9. The third-order valence-electron chi connectivity index (χ3n) is 5.24. The zero-order valence-electron chi connectivity index (χ0n) is 15.4. The maximum Gasteiger partial charge on any atom is 0.253 e. The Kier molecular flexibility index (Phi) is 4.84. The number of carbonyl (C=O) groups is 2. The second kappa shape index (κ2) is 7.43. The van der Waals surface area contributed by atoms with E-state index in [-0.39, 0.29) is 17.6 Å². The monoisotopic (exact) mass is 365 g/mol. The summed E-state index contributed by atoms with van der Waals surface area (Å²) in [6.45, 7) is 4.23. The van der Waals surface area contributed by atoms with Crippen molar-refractivity contribution in [3.05, 3.63) is 59.2 Å². The Morgan fingerprint density at radius 3 is 2.41 bits per heavy atom. The number of benzene rings is 2. The first kappa shape index (κ1) is 17.6. The van der Waals surface area contributed by atoms with Crippen LogP contribution in [0.15, 0.2) is 42.5 Å². The molecule has 0 saturated carbocycles. The minimum atomic E-state index is -0.0610. The molecular formula is C22H23NO4. The number of fused-ring (bicyclic) bond motifs is 1. The fourth-order valence-electron chi connectivity index (χ4n) is 3.74. The van der Waals surface area contributed by atoms with E-state index < -0.39 is 0 Å². The van der Waals surface area contributed by atoms with Crippen molar-refractivity contribution in [1.82, 2.24) is 4.90 Å². The number of rotatable bonds is 3. The minimum Gasteiger partial charge on any atom is -0.486 e. The molecule has 0 aromatic heterocycles. The van der Waals surface area contributed by atoms with E-state index in [1.54, 1.807) is 18.2 Å². The molecule has 0 atom stereocenters. The van der Waals surface area contributed by atoms with Gasteiger partial charge in [-0.25, -0.2) is 0 Å². The molecule has 5 nitrogen and oxygen atoms in total. The second-order valence-electron chi connectivity index (χ2n) is 7.16. The zero-order valence-corrected chi connectivity index (χ0v) is 15.4. The molecule has 0 aliphatic carbocycles. The van der Waals surface area contributed by atoms with Gasteiger partial charge in [-0.2, -0.15) is 0 Å². The highest BCUT2D eigenvalue weighted by atomic mass is 16.6. The van der Waals surface area contributed by atoms with E-state index in [9.17, 15) is 9.59 Å². The number of aryl methyl sites for hydroxylation is 1. The number of piperidine rings is 1. The lowest BCUT2D eigenvalue weighted by molar-refractivity contribution is 0.0650. The summed E-state index contributed by atoms with van der Waals surface area (Å²) in [6.07, 6.45) is 1.37. The molecule has 140 valence electrons. The molecule has 1 amide bonds. The van der Waals surface area contributed by atoms with Crippen LogP contribution in [0.2, 0.25) is 0 Å². The molecule has 4 rings (SSSR count). The number of hydrogen-bond donors (Lipinski definition) is 0. The number of Topliss-reactive ketones (excluding diaryl/α,β-unsaturated/α-hetero) is 1. The number of likely N-dealkylation sites (tertiary alicyclic amines) is 1. The van der Waals surface area contributed by atoms with Crippen molar-refractivity contribution in [3.8, 4) is 11.5 Å². The molecule has 1 fully saturated rings. The molecule has 0 unspecified atom stereocenters. The molecule has 2 aliphatic heterocycles. The zero-order chi connectivity index (χ0) is 18.8. The van der Waals surface area contributed by atoms with Gasteiger partial charge in [0.2, 0.25) is 0 Å². The van der Waals surface area contributed by atoms with Gasteiger partial charge in [0.05, 0.1) is 0 Å². The molecular weight excluding hydrogens is 342 g/mol. The lowest BCUT2D eigenvalue weighted by Crippen LogP contribution is -2.40. The Labute approximate surface area is 158 Å². The molecule has 0 spiro atoms. The lowest BCUT2D eigenvalue weighted by atomic mass is 9.88. The van der Waals surface area contributed by atoms with Crippen LogP contribution in [0.5, 0.6) is 11.5 Å². The fraction of sp³-hybridized carbons (Fsp3) is 0.364. The summed E-state index contributed by atoms with van der Waals surface area (Å²) in [7, 11) is 0. The topological polar surface area (TPSA) is 55.8 Å². The van der Waals surface area contributed by atoms with Gasteiger partial charge in [0.25, 0.3) is 5.91 Å². The molecule has 2 aromatic carbocycles. The third-order valence-corrected chi connectivity index (χ3v) is 5.24. The molecule has 2 aromatic rings. The number of ketones is 1. The molecule has 5 heteroatoms. The predicted molar refractivity (Wildman–Crippen MR) is 102 cm³/mol. The van der Waals surface area contributed by atoms with Gasteiger partial charge in [-0.3, -0.25) is 9.59 Å². The van der Waals surface area contributed by atoms with E-state index in [0.717, 1.165) is 5.56 Å². The van der Waals surface area contributed by atoms with Crippen molar-refractivity contribution in [2.75, 3.05) is 26.3 Å². The Morgan fingerprint density at radius 1 is 0.926 bits per heavy atom. The molecule has 2 aliphatic rings. The van der Waals surface area contributed by atoms with E-state index in [0.29, 0.717) is 61.8 Å². The number of hydrogen-bond acceptors (Lipinski definition) is 4. The first-order valence-corrected chi connectivity index (χ1v) is 9.41. The quantitative estimate of drug-likeness (QED) is 0.781. The standard InChI is InChI=1S/C22H23NO4/c1-15-3-2-4-18(13-15)22(25)23-9-7-16(8-10-23)21(24)17-5-6-19-20(14-17)27-12-11-26-19/h2-6,13-14,16H,7-12H2,1H3. The maximum atomic E-state index is 12.9. The van der Waals surface area contributed by atoms with E-state index in [4.69, 9.17) is 9.47 Å². The van der Waals surface area contributed by atoms with Crippen LogP contribution in [-0.2, 0) is 0 Å².